The van der Waals surface area contributed by atoms with Gasteiger partial charge in [-0.25, -0.2) is 0 Å². The van der Waals surface area contributed by atoms with E-state index >= 15 is 0 Å². The predicted molar refractivity (Wildman–Crippen MR) is 120 cm³/mol. The largest absolute Gasteiger partial charge is 0.393 e. The fourth-order valence-electron chi connectivity index (χ4n) is 9.17. The molecule has 0 aliphatic heterocycles. The van der Waals surface area contributed by atoms with E-state index in [1.807, 2.05) is 0 Å². The molecule has 0 spiro atoms. The minimum Gasteiger partial charge on any atom is -0.393 e. The topological polar surface area (TPSA) is 40.5 Å². The summed E-state index contributed by atoms with van der Waals surface area (Å²) in [6.45, 7) is 12.1. The van der Waals surface area contributed by atoms with Crippen molar-refractivity contribution in [1.29, 1.82) is 0 Å². The van der Waals surface area contributed by atoms with Crippen molar-refractivity contribution in [2.45, 2.75) is 117 Å². The molecule has 0 aromatic carbocycles. The van der Waals surface area contributed by atoms with Gasteiger partial charge in [0.1, 0.15) is 0 Å². The van der Waals surface area contributed by atoms with Gasteiger partial charge in [0.2, 0.25) is 0 Å². The van der Waals surface area contributed by atoms with Crippen LogP contribution < -0.4 is 0 Å². The lowest BCUT2D eigenvalue weighted by Crippen LogP contribution is -2.54. The van der Waals surface area contributed by atoms with Gasteiger partial charge in [0, 0.05) is 0 Å². The number of hydrogen-bond donors (Lipinski definition) is 2. The molecule has 0 aromatic rings. The number of aliphatic hydroxyl groups is 2. The summed E-state index contributed by atoms with van der Waals surface area (Å²) in [6.07, 6.45) is 13.5. The average Bonchev–Trinajstić information content (AvgIpc) is 3.03. The Bertz CT molecular complexity index is 573. The summed E-state index contributed by atoms with van der Waals surface area (Å²) >= 11 is 0. The van der Waals surface area contributed by atoms with Gasteiger partial charge < -0.3 is 10.2 Å². The van der Waals surface area contributed by atoms with Gasteiger partial charge in [-0.2, -0.15) is 0 Å². The molecule has 0 aromatic heterocycles. The number of hydrogen-bond acceptors (Lipinski definition) is 2. The first-order valence-electron chi connectivity index (χ1n) is 13.0. The Labute approximate surface area is 180 Å². The molecule has 2 N–H and O–H groups in total. The fourth-order valence-corrected chi connectivity index (χ4v) is 9.17. The van der Waals surface area contributed by atoms with E-state index in [-0.39, 0.29) is 12.2 Å². The Morgan fingerprint density at radius 1 is 0.828 bits per heavy atom. The van der Waals surface area contributed by atoms with Crippen LogP contribution in [0.25, 0.3) is 0 Å². The van der Waals surface area contributed by atoms with E-state index in [0.29, 0.717) is 28.6 Å². The third-order valence-electron chi connectivity index (χ3n) is 11.0. The summed E-state index contributed by atoms with van der Waals surface area (Å²) in [6, 6.07) is 0. The maximum Gasteiger partial charge on any atom is 0.0568 e. The van der Waals surface area contributed by atoms with Crippen LogP contribution in [0.15, 0.2) is 0 Å². The highest BCUT2D eigenvalue weighted by atomic mass is 16.3. The molecule has 4 aliphatic carbocycles. The van der Waals surface area contributed by atoms with Crippen LogP contribution in [-0.2, 0) is 0 Å². The fraction of sp³-hybridized carbons (Fsp3) is 1.00. The molecule has 168 valence electrons. The molecule has 0 bridgehead atoms. The second-order valence-corrected chi connectivity index (χ2v) is 12.7. The third kappa shape index (κ3) is 3.73. The maximum absolute atomic E-state index is 11.0. The quantitative estimate of drug-likeness (QED) is 0.553. The Hall–Kier alpha value is -0.0800. The van der Waals surface area contributed by atoms with Gasteiger partial charge in [-0.3, -0.25) is 0 Å². The molecule has 4 saturated carbocycles. The van der Waals surface area contributed by atoms with Crippen molar-refractivity contribution in [1.82, 2.24) is 0 Å². The zero-order valence-electron chi connectivity index (χ0n) is 19.9. The van der Waals surface area contributed by atoms with E-state index in [4.69, 9.17) is 0 Å². The van der Waals surface area contributed by atoms with Crippen molar-refractivity contribution in [2.24, 2.45) is 52.3 Å². The molecule has 2 heteroatoms. The van der Waals surface area contributed by atoms with Crippen LogP contribution >= 0.6 is 0 Å². The van der Waals surface area contributed by atoms with Crippen molar-refractivity contribution < 1.29 is 10.2 Å². The third-order valence-corrected chi connectivity index (χ3v) is 11.0. The monoisotopic (exact) mass is 404 g/mol. The van der Waals surface area contributed by atoms with Gasteiger partial charge in [0.15, 0.2) is 0 Å². The first-order chi connectivity index (χ1) is 13.7. The van der Waals surface area contributed by atoms with E-state index in [1.165, 1.54) is 44.9 Å². The summed E-state index contributed by atoms with van der Waals surface area (Å²) in [4.78, 5) is 0. The molecule has 4 rings (SSSR count). The van der Waals surface area contributed by atoms with Crippen molar-refractivity contribution in [3.8, 4) is 0 Å². The van der Waals surface area contributed by atoms with Crippen molar-refractivity contribution in [3.63, 3.8) is 0 Å². The molecule has 29 heavy (non-hydrogen) atoms. The van der Waals surface area contributed by atoms with E-state index in [0.717, 1.165) is 49.4 Å². The van der Waals surface area contributed by atoms with Crippen LogP contribution in [0.4, 0.5) is 0 Å². The summed E-state index contributed by atoms with van der Waals surface area (Å²) in [5.41, 5.74) is 0.917. The smallest absolute Gasteiger partial charge is 0.0568 e. The number of rotatable bonds is 5. The van der Waals surface area contributed by atoms with Gasteiger partial charge in [-0.1, -0.05) is 34.6 Å². The summed E-state index contributed by atoms with van der Waals surface area (Å²) in [5.74, 6) is 5.24. The summed E-state index contributed by atoms with van der Waals surface area (Å²) in [7, 11) is 0. The highest BCUT2D eigenvalue weighted by Gasteiger charge is 2.60. The van der Waals surface area contributed by atoms with Gasteiger partial charge in [0.05, 0.1) is 12.2 Å². The lowest BCUT2D eigenvalue weighted by Gasteiger charge is -2.61. The Morgan fingerprint density at radius 3 is 2.24 bits per heavy atom. The molecule has 0 amide bonds. The van der Waals surface area contributed by atoms with Gasteiger partial charge in [-0.05, 0) is 123 Å². The minimum absolute atomic E-state index is 0.0393. The summed E-state index contributed by atoms with van der Waals surface area (Å²) < 4.78 is 0. The van der Waals surface area contributed by atoms with Gasteiger partial charge >= 0.3 is 0 Å². The normalized spacial score (nSPS) is 49.2. The predicted octanol–water partition coefficient (Wildman–Crippen LogP) is 6.44. The Morgan fingerprint density at radius 2 is 1.52 bits per heavy atom. The lowest BCUT2D eigenvalue weighted by molar-refractivity contribution is -0.132. The number of aliphatic hydroxyl groups excluding tert-OH is 2. The van der Waals surface area contributed by atoms with E-state index in [1.54, 1.807) is 0 Å². The van der Waals surface area contributed by atoms with Gasteiger partial charge in [0.25, 0.3) is 0 Å². The SMILES string of the molecule is CC(C)CCC(O)C(C)[C@H]1CCC2C3CCC4CC(O)CCC4(C)C3CCC21C. The van der Waals surface area contributed by atoms with Crippen molar-refractivity contribution in [3.05, 3.63) is 0 Å². The molecule has 9 unspecified atom stereocenters. The highest BCUT2D eigenvalue weighted by molar-refractivity contribution is 5.10. The molecule has 4 aliphatic rings. The zero-order chi connectivity index (χ0) is 21.0. The van der Waals surface area contributed by atoms with Crippen molar-refractivity contribution in [2.75, 3.05) is 0 Å². The molecular formula is C27H48O2. The maximum atomic E-state index is 11.0. The zero-order valence-corrected chi connectivity index (χ0v) is 19.9. The Balaban J connectivity index is 1.48. The second-order valence-electron chi connectivity index (χ2n) is 12.7. The van der Waals surface area contributed by atoms with Crippen LogP contribution in [0.3, 0.4) is 0 Å². The first kappa shape index (κ1) is 22.1. The van der Waals surface area contributed by atoms with E-state index in [2.05, 4.69) is 34.6 Å². The van der Waals surface area contributed by atoms with Crippen LogP contribution in [-0.4, -0.2) is 22.4 Å². The second kappa shape index (κ2) is 8.12. The summed E-state index contributed by atoms with van der Waals surface area (Å²) in [5, 5.41) is 21.2. The average molecular weight is 405 g/mol. The highest BCUT2D eigenvalue weighted by Crippen LogP contribution is 2.68. The van der Waals surface area contributed by atoms with Crippen LogP contribution in [0.2, 0.25) is 0 Å². The molecule has 0 saturated heterocycles. The molecule has 0 heterocycles. The van der Waals surface area contributed by atoms with Gasteiger partial charge in [-0.15, -0.1) is 0 Å². The molecule has 10 atom stereocenters. The van der Waals surface area contributed by atoms with Crippen molar-refractivity contribution >= 4 is 0 Å². The Kier molecular flexibility index (Phi) is 6.19. The lowest BCUT2D eigenvalue weighted by atomic mass is 9.44. The van der Waals surface area contributed by atoms with Crippen LogP contribution in [0.1, 0.15) is 105 Å². The first-order valence-corrected chi connectivity index (χ1v) is 13.0. The molecule has 0 radical (unpaired) electrons. The minimum atomic E-state index is -0.121. The number of fused-ring (bicyclic) bond motifs is 5. The van der Waals surface area contributed by atoms with Crippen LogP contribution in [0.5, 0.6) is 0 Å². The standard InChI is InChI=1S/C27H48O2/c1-17(2)6-11-25(29)18(3)22-9-10-23-21-8-7-19-16-20(28)12-14-26(19,4)24(21)13-15-27(22,23)5/h17-25,28-29H,6-16H2,1-5H3/t18?,19?,20?,21?,22-,23?,24?,25?,26?,27?/m1/s1. The molecule has 4 fully saturated rings. The molecular weight excluding hydrogens is 356 g/mol. The van der Waals surface area contributed by atoms with E-state index < -0.39 is 0 Å². The van der Waals surface area contributed by atoms with E-state index in [9.17, 15) is 10.2 Å². The van der Waals surface area contributed by atoms with Crippen LogP contribution in [0, 0.1) is 52.3 Å². The molecule has 2 nitrogen and oxygen atoms in total.